The van der Waals surface area contributed by atoms with Crippen molar-refractivity contribution in [3.8, 4) is 6.07 Å². The van der Waals surface area contributed by atoms with Crippen molar-refractivity contribution in [2.24, 2.45) is 0 Å². The number of hydrogen-bond donors (Lipinski definition) is 0. The molecule has 0 aromatic carbocycles. The van der Waals surface area contributed by atoms with Gasteiger partial charge in [0.25, 0.3) is 0 Å². The Morgan fingerprint density at radius 2 is 2.00 bits per heavy atom. The van der Waals surface area contributed by atoms with Gasteiger partial charge >= 0.3 is 0 Å². The van der Waals surface area contributed by atoms with Crippen LogP contribution in [0.25, 0.3) is 0 Å². The number of sulfonamides is 1. The topological polar surface area (TPSA) is 74.1 Å². The lowest BCUT2D eigenvalue weighted by Gasteiger charge is -2.25. The van der Waals surface area contributed by atoms with E-state index in [-0.39, 0.29) is 10.6 Å². The smallest absolute Gasteiger partial charge is 0.244 e. The molecule has 0 amide bonds. The fourth-order valence-electron chi connectivity index (χ4n) is 1.93. The molecule has 2 heterocycles. The molecule has 1 aliphatic heterocycles. The summed E-state index contributed by atoms with van der Waals surface area (Å²) in [5, 5.41) is 8.88. The van der Waals surface area contributed by atoms with Crippen LogP contribution < -0.4 is 0 Å². The monoisotopic (exact) mass is 251 g/mol. The van der Waals surface area contributed by atoms with Crippen LogP contribution in [0.3, 0.4) is 0 Å². The number of pyridine rings is 1. The summed E-state index contributed by atoms with van der Waals surface area (Å²) in [6.45, 7) is 1.06. The van der Waals surface area contributed by atoms with Crippen LogP contribution in [0.4, 0.5) is 0 Å². The van der Waals surface area contributed by atoms with Crippen molar-refractivity contribution in [1.29, 1.82) is 5.26 Å². The molecule has 5 nitrogen and oxygen atoms in total. The Morgan fingerprint density at radius 3 is 2.65 bits per heavy atom. The average molecular weight is 251 g/mol. The Hall–Kier alpha value is -1.45. The summed E-state index contributed by atoms with van der Waals surface area (Å²) < 4.78 is 26.0. The van der Waals surface area contributed by atoms with Gasteiger partial charge in [-0.1, -0.05) is 6.42 Å². The zero-order chi connectivity index (χ0) is 12.3. The molecule has 1 fully saturated rings. The second-order valence-corrected chi connectivity index (χ2v) is 5.83. The van der Waals surface area contributed by atoms with Crippen molar-refractivity contribution in [2.45, 2.75) is 24.2 Å². The Morgan fingerprint density at radius 1 is 1.29 bits per heavy atom. The van der Waals surface area contributed by atoms with Gasteiger partial charge in [-0.3, -0.25) is 0 Å². The van der Waals surface area contributed by atoms with Crippen molar-refractivity contribution in [3.05, 3.63) is 24.0 Å². The molecule has 2 rings (SSSR count). The van der Waals surface area contributed by atoms with E-state index >= 15 is 0 Å². The molecule has 17 heavy (non-hydrogen) atoms. The lowest BCUT2D eigenvalue weighted by molar-refractivity contribution is 0.346. The second kappa shape index (κ2) is 4.82. The Labute approximate surface area is 101 Å². The van der Waals surface area contributed by atoms with Crippen LogP contribution in [0, 0.1) is 11.3 Å². The number of nitriles is 1. The van der Waals surface area contributed by atoms with Crippen LogP contribution in [-0.2, 0) is 10.0 Å². The molecule has 90 valence electrons. The molecule has 1 aromatic rings. The predicted octanol–water partition coefficient (Wildman–Crippen LogP) is 1.13. The van der Waals surface area contributed by atoms with Crippen LogP contribution in [0.15, 0.2) is 23.2 Å². The number of nitrogens with zero attached hydrogens (tertiary/aromatic N) is 3. The third-order valence-electron chi connectivity index (χ3n) is 2.81. The highest BCUT2D eigenvalue weighted by molar-refractivity contribution is 7.89. The first-order chi connectivity index (χ1) is 8.16. The van der Waals surface area contributed by atoms with Gasteiger partial charge < -0.3 is 0 Å². The molecule has 1 saturated heterocycles. The van der Waals surface area contributed by atoms with Crippen LogP contribution in [-0.4, -0.2) is 30.8 Å². The molecule has 0 aliphatic carbocycles. The highest BCUT2D eigenvalue weighted by Gasteiger charge is 2.28. The maximum atomic E-state index is 12.3. The Balaban J connectivity index is 2.41. The molecule has 0 N–H and O–H groups in total. The summed E-state index contributed by atoms with van der Waals surface area (Å²) in [6.07, 6.45) is 4.24. The summed E-state index contributed by atoms with van der Waals surface area (Å²) in [5.41, 5.74) is -0.0296. The maximum absolute atomic E-state index is 12.3. The highest BCUT2D eigenvalue weighted by atomic mass is 32.2. The van der Waals surface area contributed by atoms with E-state index in [0.29, 0.717) is 13.1 Å². The predicted molar refractivity (Wildman–Crippen MR) is 61.6 cm³/mol. The normalized spacial score (nSPS) is 17.6. The van der Waals surface area contributed by atoms with E-state index in [9.17, 15) is 8.42 Å². The van der Waals surface area contributed by atoms with Crippen LogP contribution >= 0.6 is 0 Å². The maximum Gasteiger partial charge on any atom is 0.245 e. The van der Waals surface area contributed by atoms with Gasteiger partial charge in [-0.05, 0) is 25.0 Å². The molecule has 1 aliphatic rings. The van der Waals surface area contributed by atoms with E-state index in [1.54, 1.807) is 0 Å². The van der Waals surface area contributed by atoms with Gasteiger partial charge in [0.05, 0.1) is 0 Å². The molecular formula is C11H13N3O2S. The molecule has 0 unspecified atom stereocenters. The van der Waals surface area contributed by atoms with Gasteiger partial charge in [-0.25, -0.2) is 13.4 Å². The van der Waals surface area contributed by atoms with Crippen molar-refractivity contribution in [3.63, 3.8) is 0 Å². The SMILES string of the molecule is N#Cc1ncccc1S(=O)(=O)N1CCCCC1. The lowest BCUT2D eigenvalue weighted by atomic mass is 10.2. The molecule has 0 bridgehead atoms. The zero-order valence-corrected chi connectivity index (χ0v) is 10.2. The molecule has 0 radical (unpaired) electrons. The third-order valence-corrected chi connectivity index (χ3v) is 4.74. The summed E-state index contributed by atoms with van der Waals surface area (Å²) in [7, 11) is -3.56. The molecule has 0 saturated carbocycles. The van der Waals surface area contributed by atoms with Crippen molar-refractivity contribution >= 4 is 10.0 Å². The van der Waals surface area contributed by atoms with E-state index in [4.69, 9.17) is 5.26 Å². The molecule has 0 spiro atoms. The van der Waals surface area contributed by atoms with E-state index in [0.717, 1.165) is 19.3 Å². The van der Waals surface area contributed by atoms with Crippen LogP contribution in [0.5, 0.6) is 0 Å². The minimum absolute atomic E-state index is 0.0180. The first kappa shape index (κ1) is 12.0. The van der Waals surface area contributed by atoms with Gasteiger partial charge in [-0.15, -0.1) is 0 Å². The lowest BCUT2D eigenvalue weighted by Crippen LogP contribution is -2.36. The van der Waals surface area contributed by atoms with E-state index in [1.165, 1.54) is 22.6 Å². The standard InChI is InChI=1S/C11H13N3O2S/c12-9-10-11(5-4-6-13-10)17(15,16)14-7-2-1-3-8-14/h4-6H,1-3,7-8H2. The van der Waals surface area contributed by atoms with E-state index < -0.39 is 10.0 Å². The minimum atomic E-state index is -3.56. The minimum Gasteiger partial charge on any atom is -0.244 e. The van der Waals surface area contributed by atoms with Gasteiger partial charge in [0, 0.05) is 19.3 Å². The Bertz CT molecular complexity index is 542. The number of piperidine rings is 1. The molecule has 1 aromatic heterocycles. The third kappa shape index (κ3) is 2.30. The fourth-order valence-corrected chi connectivity index (χ4v) is 3.54. The van der Waals surface area contributed by atoms with Gasteiger partial charge in [0.1, 0.15) is 11.0 Å². The van der Waals surface area contributed by atoms with Gasteiger partial charge in [0.2, 0.25) is 10.0 Å². The van der Waals surface area contributed by atoms with Gasteiger partial charge in [0.15, 0.2) is 5.69 Å². The van der Waals surface area contributed by atoms with E-state index in [1.807, 2.05) is 6.07 Å². The summed E-state index contributed by atoms with van der Waals surface area (Å²) in [4.78, 5) is 3.81. The number of hydrogen-bond acceptors (Lipinski definition) is 4. The second-order valence-electron chi connectivity index (χ2n) is 3.93. The van der Waals surface area contributed by atoms with Crippen molar-refractivity contribution < 1.29 is 8.42 Å². The fraction of sp³-hybridized carbons (Fsp3) is 0.455. The summed E-state index contributed by atoms with van der Waals surface area (Å²) in [6, 6.07) is 4.80. The number of rotatable bonds is 2. The van der Waals surface area contributed by atoms with Crippen LogP contribution in [0.2, 0.25) is 0 Å². The summed E-state index contributed by atoms with van der Waals surface area (Å²) in [5.74, 6) is 0. The van der Waals surface area contributed by atoms with Crippen LogP contribution in [0.1, 0.15) is 25.0 Å². The molecule has 0 atom stereocenters. The first-order valence-corrected chi connectivity index (χ1v) is 6.95. The van der Waals surface area contributed by atoms with Gasteiger partial charge in [-0.2, -0.15) is 9.57 Å². The van der Waals surface area contributed by atoms with Crippen molar-refractivity contribution in [1.82, 2.24) is 9.29 Å². The molecular weight excluding hydrogens is 238 g/mol. The van der Waals surface area contributed by atoms with E-state index in [2.05, 4.69) is 4.98 Å². The molecule has 6 heteroatoms. The Kier molecular flexibility index (Phi) is 3.41. The largest absolute Gasteiger partial charge is 0.245 e. The zero-order valence-electron chi connectivity index (χ0n) is 9.33. The first-order valence-electron chi connectivity index (χ1n) is 5.51. The number of aromatic nitrogens is 1. The highest BCUT2D eigenvalue weighted by Crippen LogP contribution is 2.21. The van der Waals surface area contributed by atoms with Crippen molar-refractivity contribution in [2.75, 3.05) is 13.1 Å². The summed E-state index contributed by atoms with van der Waals surface area (Å²) >= 11 is 0. The quantitative estimate of drug-likeness (QED) is 0.789. The average Bonchev–Trinajstić information content (AvgIpc) is 2.39.